The molecule has 0 amide bonds. The summed E-state index contributed by atoms with van der Waals surface area (Å²) >= 11 is 3.47. The third-order valence-electron chi connectivity index (χ3n) is 2.62. The van der Waals surface area contributed by atoms with Crippen molar-refractivity contribution in [1.82, 2.24) is 0 Å². The monoisotopic (exact) mass is 282 g/mol. The van der Waals surface area contributed by atoms with E-state index in [4.69, 9.17) is 10.4 Å². The zero-order chi connectivity index (χ0) is 12.1. The minimum absolute atomic E-state index is 0.0380. The second-order valence-electron chi connectivity index (χ2n) is 3.77. The highest BCUT2D eigenvalue weighted by atomic mass is 79.9. The van der Waals surface area contributed by atoms with Crippen LogP contribution >= 0.6 is 15.9 Å². The van der Waals surface area contributed by atoms with Crippen molar-refractivity contribution < 1.29 is 5.11 Å². The van der Waals surface area contributed by atoms with E-state index in [-0.39, 0.29) is 12.6 Å². The molecule has 1 rings (SSSR count). The molecule has 0 fully saturated rings. The van der Waals surface area contributed by atoms with E-state index < -0.39 is 0 Å². The first-order valence-corrected chi connectivity index (χ1v) is 5.88. The van der Waals surface area contributed by atoms with Crippen molar-refractivity contribution in [1.29, 1.82) is 5.26 Å². The van der Waals surface area contributed by atoms with E-state index >= 15 is 0 Å². The van der Waals surface area contributed by atoms with E-state index in [0.717, 1.165) is 15.7 Å². The lowest BCUT2D eigenvalue weighted by Crippen LogP contribution is -2.28. The summed E-state index contributed by atoms with van der Waals surface area (Å²) in [5.74, 6) is 0. The minimum atomic E-state index is 0.0380. The number of hydrogen-bond acceptors (Lipinski definition) is 3. The van der Waals surface area contributed by atoms with Gasteiger partial charge in [-0.05, 0) is 40.5 Å². The molecule has 4 heteroatoms. The molecule has 16 heavy (non-hydrogen) atoms. The lowest BCUT2D eigenvalue weighted by atomic mass is 10.1. The number of aliphatic hydroxyl groups excluding tert-OH is 1. The van der Waals surface area contributed by atoms with Crippen LogP contribution in [0.2, 0.25) is 0 Å². The molecule has 0 aliphatic rings. The fraction of sp³-hybridized carbons (Fsp3) is 0.417. The maximum absolute atomic E-state index is 9.01. The van der Waals surface area contributed by atoms with Crippen LogP contribution in [-0.4, -0.2) is 18.2 Å². The second-order valence-corrected chi connectivity index (χ2v) is 4.62. The van der Waals surface area contributed by atoms with Gasteiger partial charge >= 0.3 is 0 Å². The molecule has 1 N–H and O–H groups in total. The number of halogens is 1. The van der Waals surface area contributed by atoms with Gasteiger partial charge in [0.2, 0.25) is 0 Å². The highest BCUT2D eigenvalue weighted by molar-refractivity contribution is 9.10. The second kappa shape index (κ2) is 5.88. The normalized spacial score (nSPS) is 11.9. The minimum Gasteiger partial charge on any atom is -0.392 e. The highest BCUT2D eigenvalue weighted by Crippen LogP contribution is 2.28. The van der Waals surface area contributed by atoms with Crippen LogP contribution < -0.4 is 4.90 Å². The van der Waals surface area contributed by atoms with Crippen LogP contribution in [0.3, 0.4) is 0 Å². The van der Waals surface area contributed by atoms with Crippen LogP contribution in [-0.2, 0) is 6.61 Å². The van der Waals surface area contributed by atoms with Gasteiger partial charge in [-0.2, -0.15) is 5.26 Å². The van der Waals surface area contributed by atoms with E-state index in [1.807, 2.05) is 32.2 Å². The fourth-order valence-electron chi connectivity index (χ4n) is 1.44. The Bertz CT molecular complexity index is 400. The van der Waals surface area contributed by atoms with Gasteiger partial charge in [-0.15, -0.1) is 0 Å². The maximum Gasteiger partial charge on any atom is 0.0682 e. The Morgan fingerprint density at radius 3 is 2.75 bits per heavy atom. The molecule has 0 aliphatic carbocycles. The molecule has 1 atom stereocenters. The smallest absolute Gasteiger partial charge is 0.0682 e. The van der Waals surface area contributed by atoms with Crippen molar-refractivity contribution in [3.63, 3.8) is 0 Å². The molecule has 1 aromatic carbocycles. The van der Waals surface area contributed by atoms with Crippen LogP contribution in [0.4, 0.5) is 5.69 Å². The number of nitriles is 1. The first-order chi connectivity index (χ1) is 7.60. The molecule has 3 nitrogen and oxygen atoms in total. The average Bonchev–Trinajstić information content (AvgIpc) is 2.28. The van der Waals surface area contributed by atoms with Gasteiger partial charge in [-0.3, -0.25) is 0 Å². The molecule has 0 bridgehead atoms. The Morgan fingerprint density at radius 1 is 1.56 bits per heavy atom. The Balaban J connectivity index is 2.92. The van der Waals surface area contributed by atoms with Crippen molar-refractivity contribution in [3.05, 3.63) is 28.2 Å². The summed E-state index contributed by atoms with van der Waals surface area (Å²) in [6, 6.07) is 8.06. The summed E-state index contributed by atoms with van der Waals surface area (Å²) in [5.41, 5.74) is 1.90. The molecule has 0 saturated heterocycles. The van der Waals surface area contributed by atoms with Crippen molar-refractivity contribution in [2.75, 3.05) is 11.9 Å². The van der Waals surface area contributed by atoms with Gasteiger partial charge in [0.15, 0.2) is 0 Å². The van der Waals surface area contributed by atoms with Gasteiger partial charge in [0.25, 0.3) is 0 Å². The Labute approximate surface area is 104 Å². The zero-order valence-electron chi connectivity index (χ0n) is 9.44. The fourth-order valence-corrected chi connectivity index (χ4v) is 2.15. The topological polar surface area (TPSA) is 47.3 Å². The quantitative estimate of drug-likeness (QED) is 0.924. The molecule has 0 saturated carbocycles. The van der Waals surface area contributed by atoms with Crippen molar-refractivity contribution >= 4 is 21.6 Å². The van der Waals surface area contributed by atoms with Crippen molar-refractivity contribution in [2.45, 2.75) is 26.0 Å². The number of anilines is 1. The summed E-state index contributed by atoms with van der Waals surface area (Å²) in [7, 11) is 1.96. The maximum atomic E-state index is 9.01. The molecule has 0 heterocycles. The summed E-state index contributed by atoms with van der Waals surface area (Å²) in [6.07, 6.45) is 0.491. The van der Waals surface area contributed by atoms with Gasteiger partial charge < -0.3 is 10.0 Å². The number of benzene rings is 1. The summed E-state index contributed by atoms with van der Waals surface area (Å²) in [5, 5.41) is 17.7. The van der Waals surface area contributed by atoms with E-state index in [9.17, 15) is 0 Å². The first kappa shape index (κ1) is 13.0. The zero-order valence-corrected chi connectivity index (χ0v) is 11.0. The summed E-state index contributed by atoms with van der Waals surface area (Å²) < 4.78 is 0.936. The summed E-state index contributed by atoms with van der Waals surface area (Å²) in [4.78, 5) is 2.05. The van der Waals surface area contributed by atoms with Crippen molar-refractivity contribution in [3.8, 4) is 6.07 Å². The van der Waals surface area contributed by atoms with Gasteiger partial charge in [0, 0.05) is 17.6 Å². The van der Waals surface area contributed by atoms with Crippen LogP contribution in [0.15, 0.2) is 22.7 Å². The van der Waals surface area contributed by atoms with Crippen molar-refractivity contribution in [2.24, 2.45) is 0 Å². The Kier molecular flexibility index (Phi) is 4.78. The summed E-state index contributed by atoms with van der Waals surface area (Å²) in [6.45, 7) is 2.05. The van der Waals surface area contributed by atoms with E-state index in [0.29, 0.717) is 6.42 Å². The lowest BCUT2D eigenvalue weighted by molar-refractivity contribution is 0.282. The third kappa shape index (κ3) is 2.97. The van der Waals surface area contributed by atoms with E-state index in [2.05, 4.69) is 26.9 Å². The van der Waals surface area contributed by atoms with Gasteiger partial charge in [-0.25, -0.2) is 0 Å². The Hall–Kier alpha value is -1.05. The number of hydrogen-bond donors (Lipinski definition) is 1. The number of aliphatic hydroxyl groups is 1. The molecule has 0 aromatic heterocycles. The Morgan fingerprint density at radius 2 is 2.25 bits per heavy atom. The molecule has 0 spiro atoms. The van der Waals surface area contributed by atoms with Gasteiger partial charge in [0.1, 0.15) is 0 Å². The molecular formula is C12H15BrN2O. The lowest BCUT2D eigenvalue weighted by Gasteiger charge is -2.26. The standard InChI is InChI=1S/C12H15BrN2O/c1-9(5-6-14)15(2)12-4-3-10(8-16)7-11(12)13/h3-4,7,9,16H,5,8H2,1-2H3. The number of nitrogens with zero attached hydrogens (tertiary/aromatic N) is 2. The highest BCUT2D eigenvalue weighted by Gasteiger charge is 2.12. The molecule has 1 unspecified atom stereocenters. The van der Waals surface area contributed by atoms with E-state index in [1.54, 1.807) is 0 Å². The predicted octanol–water partition coefficient (Wildman–Crippen LogP) is 2.68. The predicted molar refractivity (Wildman–Crippen MR) is 68.2 cm³/mol. The molecule has 86 valence electrons. The average molecular weight is 283 g/mol. The van der Waals surface area contributed by atoms with Crippen LogP contribution in [0.5, 0.6) is 0 Å². The SMILES string of the molecule is CC(CC#N)N(C)c1ccc(CO)cc1Br. The molecular weight excluding hydrogens is 268 g/mol. The largest absolute Gasteiger partial charge is 0.392 e. The van der Waals surface area contributed by atoms with Crippen LogP contribution in [0.25, 0.3) is 0 Å². The molecule has 0 aliphatic heterocycles. The van der Waals surface area contributed by atoms with Crippen LogP contribution in [0, 0.1) is 11.3 Å². The third-order valence-corrected chi connectivity index (χ3v) is 3.26. The first-order valence-electron chi connectivity index (χ1n) is 5.09. The number of rotatable bonds is 4. The molecule has 0 radical (unpaired) electrons. The molecule has 1 aromatic rings. The van der Waals surface area contributed by atoms with Crippen LogP contribution in [0.1, 0.15) is 18.9 Å². The van der Waals surface area contributed by atoms with Gasteiger partial charge in [0.05, 0.1) is 24.8 Å². The van der Waals surface area contributed by atoms with Gasteiger partial charge in [-0.1, -0.05) is 6.07 Å². The van der Waals surface area contributed by atoms with E-state index in [1.165, 1.54) is 0 Å².